The highest BCUT2D eigenvalue weighted by molar-refractivity contribution is 5.80. The zero-order valence-electron chi connectivity index (χ0n) is 12.6. The van der Waals surface area contributed by atoms with Crippen molar-refractivity contribution in [1.82, 2.24) is 5.32 Å². The van der Waals surface area contributed by atoms with Crippen molar-refractivity contribution in [2.24, 2.45) is 17.3 Å². The second-order valence-electron chi connectivity index (χ2n) is 7.05. The van der Waals surface area contributed by atoms with Crippen molar-refractivity contribution in [2.75, 3.05) is 0 Å². The Morgan fingerprint density at radius 2 is 2.00 bits per heavy atom. The molecule has 0 radical (unpaired) electrons. The summed E-state index contributed by atoms with van der Waals surface area (Å²) in [5, 5.41) is 3.25. The molecule has 3 rings (SSSR count). The average Bonchev–Trinajstić information content (AvgIpc) is 2.76. The minimum Gasteiger partial charge on any atom is -0.349 e. The number of benzene rings is 1. The average molecular weight is 271 g/mol. The normalized spacial score (nSPS) is 33.6. The van der Waals surface area contributed by atoms with Crippen molar-refractivity contribution in [2.45, 2.75) is 52.0 Å². The highest BCUT2D eigenvalue weighted by atomic mass is 16.2. The van der Waals surface area contributed by atoms with Crippen molar-refractivity contribution in [3.8, 4) is 0 Å². The molecule has 1 spiro atoms. The van der Waals surface area contributed by atoms with Crippen molar-refractivity contribution >= 4 is 5.91 Å². The molecule has 2 fully saturated rings. The van der Waals surface area contributed by atoms with Crippen molar-refractivity contribution in [1.29, 1.82) is 0 Å². The molecule has 3 atom stereocenters. The number of hydrogen-bond donors (Lipinski definition) is 1. The number of hydrogen-bond acceptors (Lipinski definition) is 1. The van der Waals surface area contributed by atoms with Crippen LogP contribution in [0.15, 0.2) is 30.3 Å². The van der Waals surface area contributed by atoms with Gasteiger partial charge in [-0.15, -0.1) is 0 Å². The third-order valence-electron chi connectivity index (χ3n) is 5.42. The van der Waals surface area contributed by atoms with Gasteiger partial charge in [-0.3, -0.25) is 4.79 Å². The van der Waals surface area contributed by atoms with E-state index in [9.17, 15) is 4.79 Å². The molecule has 108 valence electrons. The zero-order valence-corrected chi connectivity index (χ0v) is 12.6. The van der Waals surface area contributed by atoms with Crippen LogP contribution in [0.5, 0.6) is 0 Å². The molecule has 0 bridgehead atoms. The molecule has 1 saturated heterocycles. The molecular formula is C18H25NO. The largest absolute Gasteiger partial charge is 0.349 e. The lowest BCUT2D eigenvalue weighted by molar-refractivity contribution is -0.120. The summed E-state index contributed by atoms with van der Waals surface area (Å²) in [6, 6.07) is 10.8. The van der Waals surface area contributed by atoms with Crippen molar-refractivity contribution < 1.29 is 4.79 Å². The standard InChI is InChI=1S/C18H25NO/c1-13(2)15-9-6-10-18(11-15)12-16(20)19-17(18)14-7-4-3-5-8-14/h3-5,7-8,13,15,17H,6,9-12H2,1-2H3,(H,19,20). The zero-order chi connectivity index (χ0) is 14.2. The summed E-state index contributed by atoms with van der Waals surface area (Å²) in [4.78, 5) is 12.1. The van der Waals surface area contributed by atoms with Gasteiger partial charge in [0.1, 0.15) is 0 Å². The van der Waals surface area contributed by atoms with Crippen LogP contribution in [-0.4, -0.2) is 5.91 Å². The molecular weight excluding hydrogens is 246 g/mol. The minimum atomic E-state index is 0.158. The van der Waals surface area contributed by atoms with Crippen molar-refractivity contribution in [3.63, 3.8) is 0 Å². The fourth-order valence-electron chi connectivity index (χ4n) is 4.30. The Bertz CT molecular complexity index is 481. The molecule has 0 aromatic heterocycles. The van der Waals surface area contributed by atoms with E-state index >= 15 is 0 Å². The first-order chi connectivity index (χ1) is 9.61. The predicted molar refractivity (Wildman–Crippen MR) is 81.2 cm³/mol. The maximum absolute atomic E-state index is 12.1. The molecule has 20 heavy (non-hydrogen) atoms. The monoisotopic (exact) mass is 271 g/mol. The Morgan fingerprint density at radius 1 is 1.25 bits per heavy atom. The number of carbonyl (C=O) groups is 1. The third-order valence-corrected chi connectivity index (χ3v) is 5.42. The van der Waals surface area contributed by atoms with Gasteiger partial charge in [0.2, 0.25) is 5.91 Å². The van der Waals surface area contributed by atoms with Crippen LogP contribution >= 0.6 is 0 Å². The van der Waals surface area contributed by atoms with E-state index in [1.165, 1.54) is 31.2 Å². The van der Waals surface area contributed by atoms with Crippen LogP contribution in [-0.2, 0) is 4.79 Å². The summed E-state index contributed by atoms with van der Waals surface area (Å²) >= 11 is 0. The number of amides is 1. The number of carbonyl (C=O) groups excluding carboxylic acids is 1. The van der Waals surface area contributed by atoms with Gasteiger partial charge in [-0.2, -0.15) is 0 Å². The van der Waals surface area contributed by atoms with E-state index < -0.39 is 0 Å². The van der Waals surface area contributed by atoms with Crippen LogP contribution in [0, 0.1) is 17.3 Å². The summed E-state index contributed by atoms with van der Waals surface area (Å²) < 4.78 is 0. The van der Waals surface area contributed by atoms with Crippen LogP contribution in [0.25, 0.3) is 0 Å². The fourth-order valence-corrected chi connectivity index (χ4v) is 4.30. The molecule has 3 unspecified atom stereocenters. The van der Waals surface area contributed by atoms with Crippen LogP contribution in [0.4, 0.5) is 0 Å². The molecule has 2 aliphatic rings. The second-order valence-corrected chi connectivity index (χ2v) is 7.05. The SMILES string of the molecule is CC(C)C1CCCC2(CC(=O)NC2c2ccccc2)C1. The molecule has 1 aliphatic carbocycles. The Kier molecular flexibility index (Phi) is 3.57. The Morgan fingerprint density at radius 3 is 2.70 bits per heavy atom. The maximum atomic E-state index is 12.1. The van der Waals surface area contributed by atoms with E-state index in [4.69, 9.17) is 0 Å². The van der Waals surface area contributed by atoms with Gasteiger partial charge in [0.05, 0.1) is 6.04 Å². The van der Waals surface area contributed by atoms with E-state index in [1.54, 1.807) is 0 Å². The lowest BCUT2D eigenvalue weighted by Crippen LogP contribution is -2.35. The Labute approximate surface area is 122 Å². The third kappa shape index (κ3) is 2.36. The first kappa shape index (κ1) is 13.7. The topological polar surface area (TPSA) is 29.1 Å². The van der Waals surface area contributed by atoms with Gasteiger partial charge >= 0.3 is 0 Å². The Balaban J connectivity index is 1.91. The second kappa shape index (κ2) is 5.23. The van der Waals surface area contributed by atoms with Gasteiger partial charge in [-0.25, -0.2) is 0 Å². The number of rotatable bonds is 2. The van der Waals surface area contributed by atoms with Crippen molar-refractivity contribution in [3.05, 3.63) is 35.9 Å². The van der Waals surface area contributed by atoms with E-state index in [2.05, 4.69) is 43.4 Å². The highest BCUT2D eigenvalue weighted by Crippen LogP contribution is 2.54. The summed E-state index contributed by atoms with van der Waals surface area (Å²) in [5.41, 5.74) is 1.44. The van der Waals surface area contributed by atoms with E-state index in [1.807, 2.05) is 6.07 Å². The molecule has 1 aromatic rings. The van der Waals surface area contributed by atoms with Gasteiger partial charge in [0.15, 0.2) is 0 Å². The van der Waals surface area contributed by atoms with Gasteiger partial charge in [-0.05, 0) is 30.2 Å². The molecule has 2 heteroatoms. The first-order valence-corrected chi connectivity index (χ1v) is 7.95. The van der Waals surface area contributed by atoms with Gasteiger partial charge in [-0.1, -0.05) is 57.0 Å². The van der Waals surface area contributed by atoms with Crippen LogP contribution in [0.3, 0.4) is 0 Å². The number of nitrogens with one attached hydrogen (secondary N) is 1. The Hall–Kier alpha value is -1.31. The molecule has 1 amide bonds. The van der Waals surface area contributed by atoms with Crippen LogP contribution < -0.4 is 5.32 Å². The van der Waals surface area contributed by atoms with Gasteiger partial charge < -0.3 is 5.32 Å². The summed E-state index contributed by atoms with van der Waals surface area (Å²) in [6.45, 7) is 4.65. The maximum Gasteiger partial charge on any atom is 0.221 e. The van der Waals surface area contributed by atoms with Gasteiger partial charge in [0.25, 0.3) is 0 Å². The lowest BCUT2D eigenvalue weighted by Gasteiger charge is -2.42. The minimum absolute atomic E-state index is 0.158. The molecule has 1 aliphatic heterocycles. The van der Waals surface area contributed by atoms with E-state index in [0.29, 0.717) is 0 Å². The quantitative estimate of drug-likeness (QED) is 0.862. The fraction of sp³-hybridized carbons (Fsp3) is 0.611. The van der Waals surface area contributed by atoms with Gasteiger partial charge in [0, 0.05) is 11.8 Å². The summed E-state index contributed by atoms with van der Waals surface area (Å²) in [6.07, 6.45) is 5.70. The van der Waals surface area contributed by atoms with Crippen LogP contribution in [0.2, 0.25) is 0 Å². The summed E-state index contributed by atoms with van der Waals surface area (Å²) in [5.74, 6) is 1.73. The molecule has 2 nitrogen and oxygen atoms in total. The molecule has 1 N–H and O–H groups in total. The van der Waals surface area contributed by atoms with E-state index in [0.717, 1.165) is 18.3 Å². The first-order valence-electron chi connectivity index (χ1n) is 7.95. The smallest absolute Gasteiger partial charge is 0.221 e. The van der Waals surface area contributed by atoms with Crippen LogP contribution in [0.1, 0.15) is 57.6 Å². The molecule has 1 heterocycles. The molecule has 1 saturated carbocycles. The van der Waals surface area contributed by atoms with E-state index in [-0.39, 0.29) is 17.4 Å². The lowest BCUT2D eigenvalue weighted by atomic mass is 9.62. The summed E-state index contributed by atoms with van der Waals surface area (Å²) in [7, 11) is 0. The predicted octanol–water partition coefficient (Wildman–Crippen LogP) is 4.08. The highest BCUT2D eigenvalue weighted by Gasteiger charge is 2.49. The molecule has 1 aromatic carbocycles.